The predicted molar refractivity (Wildman–Crippen MR) is 79.3 cm³/mol. The van der Waals surface area contributed by atoms with Gasteiger partial charge in [-0.2, -0.15) is 0 Å². The maximum atomic E-state index is 12.1. The van der Waals surface area contributed by atoms with E-state index in [0.717, 1.165) is 16.7 Å². The first-order valence-corrected chi connectivity index (χ1v) is 6.70. The predicted octanol–water partition coefficient (Wildman–Crippen LogP) is 2.39. The molecule has 2 aromatic rings. The van der Waals surface area contributed by atoms with E-state index in [1.54, 1.807) is 0 Å². The lowest BCUT2D eigenvalue weighted by Crippen LogP contribution is -2.32. The Balaban J connectivity index is 2.02. The summed E-state index contributed by atoms with van der Waals surface area (Å²) in [6, 6.07) is 17.0. The van der Waals surface area contributed by atoms with Crippen molar-refractivity contribution >= 4 is 5.91 Å². The molecule has 0 saturated heterocycles. The van der Waals surface area contributed by atoms with Crippen LogP contribution in [0.2, 0.25) is 0 Å². The lowest BCUT2D eigenvalue weighted by Gasteiger charge is -2.17. The molecule has 0 radical (unpaired) electrons. The van der Waals surface area contributed by atoms with Crippen LogP contribution >= 0.6 is 0 Å². The van der Waals surface area contributed by atoms with E-state index in [1.165, 1.54) is 0 Å². The zero-order valence-corrected chi connectivity index (χ0v) is 11.5. The zero-order chi connectivity index (χ0) is 14.4. The van der Waals surface area contributed by atoms with Crippen molar-refractivity contribution in [3.63, 3.8) is 0 Å². The van der Waals surface area contributed by atoms with Crippen LogP contribution in [0.4, 0.5) is 0 Å². The fraction of sp³-hybridized carbons (Fsp3) is 0.235. The highest BCUT2D eigenvalue weighted by molar-refractivity contribution is 5.79. The monoisotopic (exact) mass is 269 g/mol. The van der Waals surface area contributed by atoms with Gasteiger partial charge in [-0.3, -0.25) is 4.79 Å². The van der Waals surface area contributed by atoms with E-state index < -0.39 is 0 Å². The molecule has 0 fully saturated rings. The van der Waals surface area contributed by atoms with Gasteiger partial charge in [0.1, 0.15) is 0 Å². The smallest absolute Gasteiger partial charge is 0.224 e. The Morgan fingerprint density at radius 2 is 1.75 bits per heavy atom. The van der Waals surface area contributed by atoms with Crippen molar-refractivity contribution in [1.29, 1.82) is 0 Å². The summed E-state index contributed by atoms with van der Waals surface area (Å²) in [7, 11) is 0. The molecule has 0 spiro atoms. The fourth-order valence-corrected chi connectivity index (χ4v) is 2.15. The Labute approximate surface area is 119 Å². The molecule has 0 aliphatic rings. The summed E-state index contributed by atoms with van der Waals surface area (Å²) in [6.45, 7) is 1.88. The Morgan fingerprint density at radius 3 is 2.40 bits per heavy atom. The average Bonchev–Trinajstić information content (AvgIpc) is 2.48. The minimum Gasteiger partial charge on any atom is -0.394 e. The van der Waals surface area contributed by atoms with Gasteiger partial charge in [0.25, 0.3) is 0 Å². The fourth-order valence-electron chi connectivity index (χ4n) is 2.15. The number of carbonyl (C=O) groups excluding carboxylic acids is 1. The Hall–Kier alpha value is -2.13. The molecular weight excluding hydrogens is 250 g/mol. The van der Waals surface area contributed by atoms with Crippen molar-refractivity contribution in [2.75, 3.05) is 6.61 Å². The third-order valence-corrected chi connectivity index (χ3v) is 3.33. The third kappa shape index (κ3) is 3.68. The molecule has 0 aliphatic carbocycles. The van der Waals surface area contributed by atoms with E-state index in [2.05, 4.69) is 5.32 Å². The van der Waals surface area contributed by atoms with Gasteiger partial charge in [0.05, 0.1) is 19.1 Å². The molecule has 1 amide bonds. The molecule has 20 heavy (non-hydrogen) atoms. The highest BCUT2D eigenvalue weighted by Gasteiger charge is 2.14. The third-order valence-electron chi connectivity index (χ3n) is 3.33. The number of hydrogen-bond acceptors (Lipinski definition) is 2. The van der Waals surface area contributed by atoms with E-state index in [4.69, 9.17) is 0 Å². The Bertz CT molecular complexity index is 566. The van der Waals surface area contributed by atoms with Gasteiger partial charge in [0.15, 0.2) is 0 Å². The van der Waals surface area contributed by atoms with Gasteiger partial charge in [-0.05, 0) is 23.6 Å². The van der Waals surface area contributed by atoms with Gasteiger partial charge in [0.2, 0.25) is 5.91 Å². The van der Waals surface area contributed by atoms with Crippen molar-refractivity contribution in [1.82, 2.24) is 5.32 Å². The van der Waals surface area contributed by atoms with E-state index >= 15 is 0 Å². The molecule has 3 heteroatoms. The van der Waals surface area contributed by atoms with Gasteiger partial charge in [0, 0.05) is 0 Å². The summed E-state index contributed by atoms with van der Waals surface area (Å²) in [5.41, 5.74) is 3.02. The second kappa shape index (κ2) is 6.87. The van der Waals surface area contributed by atoms with Crippen LogP contribution in [0.3, 0.4) is 0 Å². The number of hydrogen-bond donors (Lipinski definition) is 2. The molecule has 2 rings (SSSR count). The first kappa shape index (κ1) is 14.3. The standard InChI is InChI=1S/C17H19NO2/c1-13-7-5-6-10-15(13)11-17(20)18-16(12-19)14-8-3-2-4-9-14/h2-10,16,19H,11-12H2,1H3,(H,18,20). The highest BCUT2D eigenvalue weighted by Crippen LogP contribution is 2.13. The summed E-state index contributed by atoms with van der Waals surface area (Å²) >= 11 is 0. The van der Waals surface area contributed by atoms with E-state index in [9.17, 15) is 9.90 Å². The molecule has 3 nitrogen and oxygen atoms in total. The van der Waals surface area contributed by atoms with Crippen LogP contribution in [0, 0.1) is 6.92 Å². The molecule has 0 aromatic heterocycles. The van der Waals surface area contributed by atoms with Crippen molar-refractivity contribution in [2.24, 2.45) is 0 Å². The van der Waals surface area contributed by atoms with Gasteiger partial charge in [-0.25, -0.2) is 0 Å². The summed E-state index contributed by atoms with van der Waals surface area (Å²) in [4.78, 5) is 12.1. The Kier molecular flexibility index (Phi) is 4.91. The van der Waals surface area contributed by atoms with E-state index in [1.807, 2.05) is 61.5 Å². The molecule has 0 heterocycles. The lowest BCUT2D eigenvalue weighted by atomic mass is 10.0. The SMILES string of the molecule is Cc1ccccc1CC(=O)NC(CO)c1ccccc1. The number of nitrogens with one attached hydrogen (secondary N) is 1. The zero-order valence-electron chi connectivity index (χ0n) is 11.5. The first-order chi connectivity index (χ1) is 9.70. The molecule has 1 atom stereocenters. The largest absolute Gasteiger partial charge is 0.394 e. The van der Waals surface area contributed by atoms with Gasteiger partial charge in [-0.15, -0.1) is 0 Å². The second-order valence-electron chi connectivity index (χ2n) is 4.82. The number of amides is 1. The first-order valence-electron chi connectivity index (χ1n) is 6.70. The van der Waals surface area contributed by atoms with Crippen LogP contribution < -0.4 is 5.32 Å². The molecule has 0 saturated carbocycles. The number of aliphatic hydroxyl groups is 1. The Morgan fingerprint density at radius 1 is 1.10 bits per heavy atom. The highest BCUT2D eigenvalue weighted by atomic mass is 16.3. The molecule has 0 bridgehead atoms. The molecule has 0 aliphatic heterocycles. The lowest BCUT2D eigenvalue weighted by molar-refractivity contribution is -0.121. The number of aryl methyl sites for hydroxylation is 1. The topological polar surface area (TPSA) is 49.3 Å². The van der Waals surface area contributed by atoms with Gasteiger partial charge in [-0.1, -0.05) is 54.6 Å². The van der Waals surface area contributed by atoms with Crippen LogP contribution in [0.5, 0.6) is 0 Å². The summed E-state index contributed by atoms with van der Waals surface area (Å²) in [6.07, 6.45) is 0.329. The van der Waals surface area contributed by atoms with Gasteiger partial charge >= 0.3 is 0 Å². The van der Waals surface area contributed by atoms with Crippen molar-refractivity contribution in [2.45, 2.75) is 19.4 Å². The number of carbonyl (C=O) groups is 1. The van der Waals surface area contributed by atoms with E-state index in [-0.39, 0.29) is 18.6 Å². The number of rotatable bonds is 5. The number of aliphatic hydroxyl groups excluding tert-OH is 1. The normalized spacial score (nSPS) is 11.9. The van der Waals surface area contributed by atoms with Crippen LogP contribution in [-0.2, 0) is 11.2 Å². The average molecular weight is 269 g/mol. The summed E-state index contributed by atoms with van der Waals surface area (Å²) < 4.78 is 0. The minimum atomic E-state index is -0.354. The van der Waals surface area contributed by atoms with Crippen molar-refractivity contribution in [3.05, 3.63) is 71.3 Å². The molecule has 2 aromatic carbocycles. The van der Waals surface area contributed by atoms with Crippen molar-refractivity contribution in [3.8, 4) is 0 Å². The van der Waals surface area contributed by atoms with Crippen LogP contribution in [0.25, 0.3) is 0 Å². The maximum absolute atomic E-state index is 12.1. The molecule has 1 unspecified atom stereocenters. The van der Waals surface area contributed by atoms with E-state index in [0.29, 0.717) is 6.42 Å². The maximum Gasteiger partial charge on any atom is 0.224 e. The minimum absolute atomic E-state index is 0.0813. The second-order valence-corrected chi connectivity index (χ2v) is 4.82. The summed E-state index contributed by atoms with van der Waals surface area (Å²) in [5.74, 6) is -0.0813. The summed E-state index contributed by atoms with van der Waals surface area (Å²) in [5, 5.41) is 12.3. The molecular formula is C17H19NO2. The van der Waals surface area contributed by atoms with Crippen LogP contribution in [-0.4, -0.2) is 17.6 Å². The van der Waals surface area contributed by atoms with Gasteiger partial charge < -0.3 is 10.4 Å². The molecule has 104 valence electrons. The van der Waals surface area contributed by atoms with Crippen LogP contribution in [0.15, 0.2) is 54.6 Å². The molecule has 2 N–H and O–H groups in total. The quantitative estimate of drug-likeness (QED) is 0.875. The van der Waals surface area contributed by atoms with Crippen molar-refractivity contribution < 1.29 is 9.90 Å². The van der Waals surface area contributed by atoms with Crippen LogP contribution in [0.1, 0.15) is 22.7 Å². The number of benzene rings is 2.